The van der Waals surface area contributed by atoms with Crippen LogP contribution in [0.1, 0.15) is 68.3 Å². The van der Waals surface area contributed by atoms with Crippen LogP contribution in [0.5, 0.6) is 11.5 Å². The lowest BCUT2D eigenvalue weighted by Crippen LogP contribution is -2.09. The number of nitrogens with zero attached hydrogens (tertiary/aromatic N) is 2. The molecule has 1 aliphatic heterocycles. The summed E-state index contributed by atoms with van der Waals surface area (Å²) in [5, 5.41) is 10.2. The molecule has 6 heteroatoms. The summed E-state index contributed by atoms with van der Waals surface area (Å²) in [6.07, 6.45) is 4.81. The zero-order valence-electron chi connectivity index (χ0n) is 23.0. The second-order valence-electron chi connectivity index (χ2n) is 10.8. The Labute approximate surface area is 231 Å². The number of epoxide rings is 1. The van der Waals surface area contributed by atoms with Crippen molar-refractivity contribution in [2.75, 3.05) is 6.61 Å². The van der Waals surface area contributed by atoms with Gasteiger partial charge in [0.1, 0.15) is 30.8 Å². The quantitative estimate of drug-likeness (QED) is 0.219. The fourth-order valence-corrected chi connectivity index (χ4v) is 3.76. The van der Waals surface area contributed by atoms with Gasteiger partial charge in [-0.15, -0.1) is 0 Å². The van der Waals surface area contributed by atoms with Gasteiger partial charge in [0.25, 0.3) is 0 Å². The highest BCUT2D eigenvalue weighted by Crippen LogP contribution is 2.29. The third-order valence-corrected chi connectivity index (χ3v) is 6.19. The van der Waals surface area contributed by atoms with Crippen LogP contribution in [0.4, 0.5) is 0 Å². The Hall–Kier alpha value is -3.74. The van der Waals surface area contributed by atoms with Crippen LogP contribution in [0.25, 0.3) is 0 Å². The van der Waals surface area contributed by atoms with E-state index in [0.717, 1.165) is 47.8 Å². The molecular weight excluding hydrogens is 488 g/mol. The van der Waals surface area contributed by atoms with Gasteiger partial charge >= 0.3 is 0 Å². The van der Waals surface area contributed by atoms with E-state index in [4.69, 9.17) is 14.2 Å². The summed E-state index contributed by atoms with van der Waals surface area (Å²) in [5.41, 5.74) is 4.19. The van der Waals surface area contributed by atoms with Crippen LogP contribution in [0.3, 0.4) is 0 Å². The summed E-state index contributed by atoms with van der Waals surface area (Å²) in [6.45, 7) is 8.41. The zero-order valence-corrected chi connectivity index (χ0v) is 23.0. The summed E-state index contributed by atoms with van der Waals surface area (Å²) in [7, 11) is 0. The molecule has 1 saturated heterocycles. The lowest BCUT2D eigenvalue weighted by atomic mass is 9.89. The third-order valence-electron chi connectivity index (χ3n) is 6.19. The summed E-state index contributed by atoms with van der Waals surface area (Å²) >= 11 is 0. The van der Waals surface area contributed by atoms with Crippen molar-refractivity contribution in [3.05, 3.63) is 120 Å². The van der Waals surface area contributed by atoms with Crippen LogP contribution >= 0.6 is 0 Å². The van der Waals surface area contributed by atoms with E-state index in [0.29, 0.717) is 18.9 Å². The Kier molecular flexibility index (Phi) is 10.1. The lowest BCUT2D eigenvalue weighted by Gasteiger charge is -2.20. The van der Waals surface area contributed by atoms with E-state index < -0.39 is 6.10 Å². The molecule has 6 nitrogen and oxygen atoms in total. The van der Waals surface area contributed by atoms with Crippen molar-refractivity contribution in [1.29, 1.82) is 0 Å². The molecule has 0 saturated carbocycles. The zero-order chi connectivity index (χ0) is 27.5. The Morgan fingerprint density at radius 3 is 1.77 bits per heavy atom. The Morgan fingerprint density at radius 1 is 0.795 bits per heavy atom. The van der Waals surface area contributed by atoms with Crippen LogP contribution < -0.4 is 9.47 Å². The standard InChI is InChI=1S/C19H25NO2.C14H13NO2/c1-19(2,3)12-11-18(21)17-10-9-16(13-20-17)22-14-15-7-5-4-6-8-15;1-2-4-11(5-3-1)9-16-12-6-7-13(15-8-12)14-10-17-14/h4-10,13,18,21H,11-12,14H2,1-3H3;1-8,14H,9-10H2/t18-;14-/m00/s1. The van der Waals surface area contributed by atoms with Crippen molar-refractivity contribution in [1.82, 2.24) is 9.97 Å². The van der Waals surface area contributed by atoms with Crippen LogP contribution in [0.2, 0.25) is 0 Å². The number of ether oxygens (including phenoxy) is 3. The van der Waals surface area contributed by atoms with E-state index >= 15 is 0 Å². The van der Waals surface area contributed by atoms with Gasteiger partial charge < -0.3 is 19.3 Å². The molecule has 2 atom stereocenters. The number of rotatable bonds is 10. The second kappa shape index (κ2) is 13.9. The molecule has 0 bridgehead atoms. The molecule has 3 heterocycles. The minimum atomic E-state index is -0.512. The highest BCUT2D eigenvalue weighted by atomic mass is 16.6. The average molecular weight is 527 g/mol. The molecule has 0 amide bonds. The Balaban J connectivity index is 0.000000186. The third kappa shape index (κ3) is 10.2. The number of aliphatic hydroxyl groups excluding tert-OH is 1. The van der Waals surface area contributed by atoms with Gasteiger partial charge in [0.05, 0.1) is 36.5 Å². The highest BCUT2D eigenvalue weighted by molar-refractivity contribution is 5.24. The fraction of sp³-hybridized carbons (Fsp3) is 0.333. The number of aliphatic hydroxyl groups is 1. The number of hydrogen-bond donors (Lipinski definition) is 1. The fourth-order valence-electron chi connectivity index (χ4n) is 3.76. The maximum absolute atomic E-state index is 10.2. The molecule has 0 radical (unpaired) electrons. The lowest BCUT2D eigenvalue weighted by molar-refractivity contribution is 0.143. The monoisotopic (exact) mass is 526 g/mol. The van der Waals surface area contributed by atoms with Gasteiger partial charge in [0.2, 0.25) is 0 Å². The molecule has 0 aliphatic carbocycles. The molecule has 2 aromatic carbocycles. The number of hydrogen-bond acceptors (Lipinski definition) is 6. The normalized spacial score (nSPS) is 15.0. The minimum Gasteiger partial charge on any atom is -0.487 e. The van der Waals surface area contributed by atoms with Gasteiger partial charge in [-0.3, -0.25) is 9.97 Å². The molecule has 1 aliphatic rings. The van der Waals surface area contributed by atoms with Gasteiger partial charge in [-0.05, 0) is 53.6 Å². The molecule has 2 aromatic heterocycles. The largest absolute Gasteiger partial charge is 0.487 e. The number of benzene rings is 2. The van der Waals surface area contributed by atoms with Gasteiger partial charge in [-0.1, -0.05) is 81.4 Å². The first kappa shape index (κ1) is 28.3. The predicted octanol–water partition coefficient (Wildman–Crippen LogP) is 7.25. The molecular formula is C33H38N2O4. The molecule has 0 unspecified atom stereocenters. The maximum atomic E-state index is 10.2. The van der Waals surface area contributed by atoms with E-state index in [1.54, 1.807) is 12.4 Å². The van der Waals surface area contributed by atoms with E-state index in [-0.39, 0.29) is 11.5 Å². The smallest absolute Gasteiger partial charge is 0.138 e. The molecule has 204 valence electrons. The van der Waals surface area contributed by atoms with Gasteiger partial charge in [-0.25, -0.2) is 0 Å². The van der Waals surface area contributed by atoms with Crippen molar-refractivity contribution >= 4 is 0 Å². The molecule has 39 heavy (non-hydrogen) atoms. The molecule has 4 aromatic rings. The summed E-state index contributed by atoms with van der Waals surface area (Å²) < 4.78 is 16.5. The van der Waals surface area contributed by atoms with Crippen molar-refractivity contribution in [3.63, 3.8) is 0 Å². The molecule has 0 spiro atoms. The van der Waals surface area contributed by atoms with Crippen LogP contribution in [0, 0.1) is 5.41 Å². The molecule has 1 fully saturated rings. The maximum Gasteiger partial charge on any atom is 0.138 e. The Morgan fingerprint density at radius 2 is 1.33 bits per heavy atom. The minimum absolute atomic E-state index is 0.207. The van der Waals surface area contributed by atoms with E-state index in [1.807, 2.05) is 84.9 Å². The summed E-state index contributed by atoms with van der Waals surface area (Å²) in [4.78, 5) is 8.62. The van der Waals surface area contributed by atoms with E-state index in [9.17, 15) is 5.11 Å². The van der Waals surface area contributed by atoms with Crippen molar-refractivity contribution in [3.8, 4) is 11.5 Å². The van der Waals surface area contributed by atoms with Crippen molar-refractivity contribution in [2.24, 2.45) is 5.41 Å². The van der Waals surface area contributed by atoms with Crippen molar-refractivity contribution in [2.45, 2.75) is 59.0 Å². The summed E-state index contributed by atoms with van der Waals surface area (Å²) in [5.74, 6) is 1.51. The highest BCUT2D eigenvalue weighted by Gasteiger charge is 2.25. The van der Waals surface area contributed by atoms with E-state index in [2.05, 4.69) is 30.7 Å². The molecule has 1 N–H and O–H groups in total. The van der Waals surface area contributed by atoms with Crippen LogP contribution in [-0.2, 0) is 18.0 Å². The first-order valence-electron chi connectivity index (χ1n) is 13.4. The van der Waals surface area contributed by atoms with Crippen LogP contribution in [-0.4, -0.2) is 21.7 Å². The second-order valence-corrected chi connectivity index (χ2v) is 10.8. The average Bonchev–Trinajstić information content (AvgIpc) is 3.81. The van der Waals surface area contributed by atoms with Crippen LogP contribution in [0.15, 0.2) is 97.3 Å². The summed E-state index contributed by atoms with van der Waals surface area (Å²) in [6, 6.07) is 27.7. The van der Waals surface area contributed by atoms with Gasteiger partial charge in [0, 0.05) is 0 Å². The van der Waals surface area contributed by atoms with Gasteiger partial charge in [-0.2, -0.15) is 0 Å². The predicted molar refractivity (Wildman–Crippen MR) is 152 cm³/mol. The SMILES string of the molecule is CC(C)(C)CC[C@H](O)c1ccc(OCc2ccccc2)cn1.c1ccc(COc2ccc([C@@H]3CO3)nc2)cc1. The number of pyridine rings is 2. The van der Waals surface area contributed by atoms with Crippen molar-refractivity contribution < 1.29 is 19.3 Å². The first-order valence-corrected chi connectivity index (χ1v) is 13.4. The number of aromatic nitrogens is 2. The first-order chi connectivity index (χ1) is 18.9. The molecule has 5 rings (SSSR count). The van der Waals surface area contributed by atoms with Gasteiger partial charge in [0.15, 0.2) is 0 Å². The van der Waals surface area contributed by atoms with E-state index in [1.165, 1.54) is 0 Å². The Bertz CT molecular complexity index is 1240. The topological polar surface area (TPSA) is 77.0 Å².